The second kappa shape index (κ2) is 5.82. The van der Waals surface area contributed by atoms with Crippen LogP contribution in [-0.4, -0.2) is 43.9 Å². The first-order valence-corrected chi connectivity index (χ1v) is 7.62. The van der Waals surface area contributed by atoms with E-state index >= 15 is 0 Å². The summed E-state index contributed by atoms with van der Waals surface area (Å²) in [5.41, 5.74) is 9.08. The number of aromatic amines is 1. The number of carbonyl (C=O) groups excluding carboxylic acids is 1. The maximum absolute atomic E-state index is 12.4. The van der Waals surface area contributed by atoms with Crippen LogP contribution in [0.1, 0.15) is 35.7 Å². The Hall–Kier alpha value is -2.31. The van der Waals surface area contributed by atoms with E-state index in [0.29, 0.717) is 11.7 Å². The third-order valence-electron chi connectivity index (χ3n) is 4.34. The highest BCUT2D eigenvalue weighted by atomic mass is 16.2. The molecule has 1 aliphatic rings. The van der Waals surface area contributed by atoms with Gasteiger partial charge in [-0.2, -0.15) is 10.2 Å². The molecule has 0 spiro atoms. The number of nitrogen functional groups attached to an aromatic ring is 1. The molecule has 3 N–H and O–H groups in total. The van der Waals surface area contributed by atoms with Crippen LogP contribution in [0.2, 0.25) is 0 Å². The first-order chi connectivity index (χ1) is 10.5. The van der Waals surface area contributed by atoms with Crippen LogP contribution in [0.3, 0.4) is 0 Å². The molecule has 0 unspecified atom stereocenters. The molecule has 1 amide bonds. The van der Waals surface area contributed by atoms with Gasteiger partial charge in [-0.15, -0.1) is 0 Å². The Kier molecular flexibility index (Phi) is 3.87. The highest BCUT2D eigenvalue weighted by Crippen LogP contribution is 2.28. The summed E-state index contributed by atoms with van der Waals surface area (Å²) in [6.45, 7) is 5.69. The van der Waals surface area contributed by atoms with Crippen molar-refractivity contribution in [2.75, 3.05) is 18.8 Å². The molecule has 1 fully saturated rings. The minimum absolute atomic E-state index is 0.0783. The van der Waals surface area contributed by atoms with Crippen molar-refractivity contribution in [1.82, 2.24) is 24.9 Å². The molecule has 118 valence electrons. The van der Waals surface area contributed by atoms with E-state index in [9.17, 15) is 4.79 Å². The normalized spacial score (nSPS) is 16.2. The fourth-order valence-electron chi connectivity index (χ4n) is 3.11. The number of nitrogens with zero attached hydrogens (tertiary/aromatic N) is 4. The second-order valence-corrected chi connectivity index (χ2v) is 5.99. The van der Waals surface area contributed by atoms with Gasteiger partial charge in [-0.3, -0.25) is 9.89 Å². The minimum Gasteiger partial charge on any atom is -0.384 e. The number of aryl methyl sites for hydroxylation is 2. The molecule has 7 nitrogen and oxygen atoms in total. The smallest absolute Gasteiger partial charge is 0.244 e. The largest absolute Gasteiger partial charge is 0.384 e. The Labute approximate surface area is 129 Å². The van der Waals surface area contributed by atoms with E-state index in [4.69, 9.17) is 5.73 Å². The number of anilines is 1. The van der Waals surface area contributed by atoms with Gasteiger partial charge >= 0.3 is 0 Å². The lowest BCUT2D eigenvalue weighted by Crippen LogP contribution is -2.40. The molecule has 3 heterocycles. The topological polar surface area (TPSA) is 92.8 Å². The van der Waals surface area contributed by atoms with Crippen molar-refractivity contribution < 1.29 is 4.79 Å². The zero-order valence-electron chi connectivity index (χ0n) is 13.0. The lowest BCUT2D eigenvalue weighted by Gasteiger charge is -2.32. The zero-order valence-corrected chi connectivity index (χ0v) is 13.0. The highest BCUT2D eigenvalue weighted by Gasteiger charge is 2.26. The van der Waals surface area contributed by atoms with Gasteiger partial charge in [0.25, 0.3) is 0 Å². The maximum Gasteiger partial charge on any atom is 0.244 e. The van der Waals surface area contributed by atoms with Crippen LogP contribution < -0.4 is 5.73 Å². The predicted octanol–water partition coefficient (Wildman–Crippen LogP) is 1.21. The number of amides is 1. The van der Waals surface area contributed by atoms with Crippen molar-refractivity contribution in [2.45, 2.75) is 39.2 Å². The van der Waals surface area contributed by atoms with Crippen LogP contribution in [0.4, 0.5) is 5.82 Å². The Bertz CT molecular complexity index is 665. The SMILES string of the molecule is Cc1cc(N)n(CC(=O)N2CCC(c3[nH]ncc3C)CC2)n1. The van der Waals surface area contributed by atoms with Crippen molar-refractivity contribution in [3.05, 3.63) is 29.2 Å². The molecule has 1 aliphatic heterocycles. The van der Waals surface area contributed by atoms with Gasteiger partial charge in [0.15, 0.2) is 0 Å². The number of carbonyl (C=O) groups is 1. The van der Waals surface area contributed by atoms with Crippen LogP contribution in [-0.2, 0) is 11.3 Å². The Morgan fingerprint density at radius 1 is 1.41 bits per heavy atom. The van der Waals surface area contributed by atoms with E-state index in [1.807, 2.05) is 18.0 Å². The van der Waals surface area contributed by atoms with E-state index < -0.39 is 0 Å². The number of piperidine rings is 1. The third kappa shape index (κ3) is 2.84. The lowest BCUT2D eigenvalue weighted by molar-refractivity contribution is -0.133. The lowest BCUT2D eigenvalue weighted by atomic mass is 9.92. The third-order valence-corrected chi connectivity index (χ3v) is 4.34. The van der Waals surface area contributed by atoms with Gasteiger partial charge < -0.3 is 10.6 Å². The number of hydrogen-bond donors (Lipinski definition) is 2. The summed E-state index contributed by atoms with van der Waals surface area (Å²) in [7, 11) is 0. The van der Waals surface area contributed by atoms with Gasteiger partial charge in [-0.05, 0) is 32.3 Å². The van der Waals surface area contributed by atoms with Crippen molar-refractivity contribution in [1.29, 1.82) is 0 Å². The summed E-state index contributed by atoms with van der Waals surface area (Å²) in [4.78, 5) is 14.3. The molecule has 2 aromatic rings. The van der Waals surface area contributed by atoms with Gasteiger partial charge in [0.05, 0.1) is 11.9 Å². The summed E-state index contributed by atoms with van der Waals surface area (Å²) in [6, 6.07) is 1.78. The average molecular weight is 302 g/mol. The van der Waals surface area contributed by atoms with Crippen molar-refractivity contribution in [3.8, 4) is 0 Å². The first-order valence-electron chi connectivity index (χ1n) is 7.62. The van der Waals surface area contributed by atoms with Gasteiger partial charge in [0.2, 0.25) is 5.91 Å². The monoisotopic (exact) mass is 302 g/mol. The first kappa shape index (κ1) is 14.6. The second-order valence-electron chi connectivity index (χ2n) is 5.99. The van der Waals surface area contributed by atoms with Crippen LogP contribution in [0.5, 0.6) is 0 Å². The molecular formula is C15H22N6O. The fraction of sp³-hybridized carbons (Fsp3) is 0.533. The van der Waals surface area contributed by atoms with Crippen LogP contribution in [0.15, 0.2) is 12.3 Å². The van der Waals surface area contributed by atoms with Gasteiger partial charge in [0.1, 0.15) is 12.4 Å². The van der Waals surface area contributed by atoms with Gasteiger partial charge in [0, 0.05) is 30.8 Å². The van der Waals surface area contributed by atoms with E-state index in [1.54, 1.807) is 10.7 Å². The summed E-state index contributed by atoms with van der Waals surface area (Å²) < 4.78 is 1.57. The molecule has 0 atom stereocenters. The van der Waals surface area contributed by atoms with Crippen molar-refractivity contribution >= 4 is 11.7 Å². The van der Waals surface area contributed by atoms with Crippen molar-refractivity contribution in [2.24, 2.45) is 0 Å². The standard InChI is InChI=1S/C15H22N6O/c1-10-8-17-18-15(10)12-3-5-20(6-4-12)14(22)9-21-13(16)7-11(2)19-21/h7-8,12H,3-6,9,16H2,1-2H3,(H,17,18). The molecule has 0 aromatic carbocycles. The summed E-state index contributed by atoms with van der Waals surface area (Å²) in [5.74, 6) is 1.08. The number of H-pyrrole nitrogens is 1. The molecule has 7 heteroatoms. The maximum atomic E-state index is 12.4. The van der Waals surface area contributed by atoms with Crippen LogP contribution in [0.25, 0.3) is 0 Å². The summed E-state index contributed by atoms with van der Waals surface area (Å²) >= 11 is 0. The van der Waals surface area contributed by atoms with Gasteiger partial charge in [-0.1, -0.05) is 0 Å². The number of nitrogens with two attached hydrogens (primary N) is 1. The number of rotatable bonds is 3. The average Bonchev–Trinajstić information content (AvgIpc) is 3.05. The minimum atomic E-state index is 0.0783. The fourth-order valence-corrected chi connectivity index (χ4v) is 3.11. The molecule has 2 aromatic heterocycles. The van der Waals surface area contributed by atoms with E-state index in [-0.39, 0.29) is 12.5 Å². The number of nitrogens with one attached hydrogen (secondary N) is 1. The zero-order chi connectivity index (χ0) is 15.7. The van der Waals surface area contributed by atoms with E-state index in [0.717, 1.165) is 31.6 Å². The quantitative estimate of drug-likeness (QED) is 0.891. The predicted molar refractivity (Wildman–Crippen MR) is 83.3 cm³/mol. The van der Waals surface area contributed by atoms with Crippen LogP contribution in [0, 0.1) is 13.8 Å². The number of hydrogen-bond acceptors (Lipinski definition) is 4. The van der Waals surface area contributed by atoms with Crippen molar-refractivity contribution in [3.63, 3.8) is 0 Å². The van der Waals surface area contributed by atoms with E-state index in [2.05, 4.69) is 22.2 Å². The Balaban J connectivity index is 1.58. The Morgan fingerprint density at radius 2 is 2.14 bits per heavy atom. The number of likely N-dealkylation sites (tertiary alicyclic amines) is 1. The van der Waals surface area contributed by atoms with Gasteiger partial charge in [-0.25, -0.2) is 4.68 Å². The molecule has 1 saturated heterocycles. The number of aromatic nitrogens is 4. The Morgan fingerprint density at radius 3 is 2.68 bits per heavy atom. The summed E-state index contributed by atoms with van der Waals surface area (Å²) in [6.07, 6.45) is 3.78. The molecule has 0 bridgehead atoms. The molecule has 0 aliphatic carbocycles. The van der Waals surface area contributed by atoms with Crippen LogP contribution >= 0.6 is 0 Å². The summed E-state index contributed by atoms with van der Waals surface area (Å²) in [5, 5.41) is 11.4. The van der Waals surface area contributed by atoms with E-state index in [1.165, 1.54) is 11.3 Å². The molecule has 22 heavy (non-hydrogen) atoms. The molecular weight excluding hydrogens is 280 g/mol. The molecule has 0 saturated carbocycles. The molecule has 3 rings (SSSR count). The molecule has 0 radical (unpaired) electrons. The highest BCUT2D eigenvalue weighted by molar-refractivity contribution is 5.76.